The SMILES string of the molecule is COc1cc(OCc2ccccc2)c2c(Cl)[nH]c(=O)nc2c1. The third-order valence-electron chi connectivity index (χ3n) is 3.19. The highest BCUT2D eigenvalue weighted by Gasteiger charge is 2.12. The molecular weight excluding hydrogens is 304 g/mol. The molecule has 0 radical (unpaired) electrons. The Bertz CT molecular complexity index is 862. The first kappa shape index (κ1) is 14.4. The van der Waals surface area contributed by atoms with Gasteiger partial charge in [-0.05, 0) is 5.56 Å². The van der Waals surface area contributed by atoms with E-state index in [-0.39, 0.29) is 5.15 Å². The van der Waals surface area contributed by atoms with Crippen molar-refractivity contribution >= 4 is 22.5 Å². The van der Waals surface area contributed by atoms with Gasteiger partial charge in [0.15, 0.2) is 0 Å². The smallest absolute Gasteiger partial charge is 0.346 e. The molecule has 0 spiro atoms. The second kappa shape index (κ2) is 6.07. The van der Waals surface area contributed by atoms with Crippen molar-refractivity contribution in [2.75, 3.05) is 7.11 Å². The fraction of sp³-hybridized carbons (Fsp3) is 0.125. The van der Waals surface area contributed by atoms with Crippen LogP contribution in [0.15, 0.2) is 47.3 Å². The minimum Gasteiger partial charge on any atom is -0.497 e. The Kier molecular flexibility index (Phi) is 3.98. The number of fused-ring (bicyclic) bond motifs is 1. The number of H-pyrrole nitrogens is 1. The zero-order chi connectivity index (χ0) is 15.5. The molecule has 0 saturated carbocycles. The van der Waals surface area contributed by atoms with Gasteiger partial charge in [-0.3, -0.25) is 4.98 Å². The van der Waals surface area contributed by atoms with Crippen LogP contribution in [0.5, 0.6) is 11.5 Å². The number of halogens is 1. The van der Waals surface area contributed by atoms with Crippen LogP contribution in [0, 0.1) is 0 Å². The van der Waals surface area contributed by atoms with Gasteiger partial charge in [-0.15, -0.1) is 0 Å². The predicted octanol–water partition coefficient (Wildman–Crippen LogP) is 3.16. The second-order valence-corrected chi connectivity index (χ2v) is 5.03. The van der Waals surface area contributed by atoms with E-state index in [1.165, 1.54) is 7.11 Å². The van der Waals surface area contributed by atoms with Crippen LogP contribution in [0.4, 0.5) is 0 Å². The number of methoxy groups -OCH3 is 1. The van der Waals surface area contributed by atoms with Crippen molar-refractivity contribution in [1.82, 2.24) is 9.97 Å². The van der Waals surface area contributed by atoms with E-state index in [1.807, 2.05) is 30.3 Å². The summed E-state index contributed by atoms with van der Waals surface area (Å²) in [6.07, 6.45) is 0. The van der Waals surface area contributed by atoms with Crippen molar-refractivity contribution in [3.8, 4) is 11.5 Å². The number of hydrogen-bond acceptors (Lipinski definition) is 4. The summed E-state index contributed by atoms with van der Waals surface area (Å²) in [6.45, 7) is 0.374. The summed E-state index contributed by atoms with van der Waals surface area (Å²) in [6, 6.07) is 13.1. The van der Waals surface area contributed by atoms with Crippen LogP contribution in [-0.4, -0.2) is 17.1 Å². The first-order valence-corrected chi connectivity index (χ1v) is 6.99. The quantitative estimate of drug-likeness (QED) is 0.751. The molecule has 0 aliphatic carbocycles. The fourth-order valence-corrected chi connectivity index (χ4v) is 2.42. The standard InChI is InChI=1S/C16H13ClN2O3/c1-21-11-7-12-14(15(17)19-16(20)18-12)13(8-11)22-9-10-5-3-2-4-6-10/h2-8H,9H2,1H3,(H,18,19,20). The van der Waals surface area contributed by atoms with Gasteiger partial charge in [0, 0.05) is 12.1 Å². The number of nitrogens with one attached hydrogen (secondary N) is 1. The topological polar surface area (TPSA) is 64.2 Å². The van der Waals surface area contributed by atoms with Gasteiger partial charge < -0.3 is 9.47 Å². The van der Waals surface area contributed by atoms with E-state index < -0.39 is 5.69 Å². The average Bonchev–Trinajstić information content (AvgIpc) is 2.52. The zero-order valence-corrected chi connectivity index (χ0v) is 12.6. The zero-order valence-electron chi connectivity index (χ0n) is 11.8. The lowest BCUT2D eigenvalue weighted by Gasteiger charge is -2.12. The summed E-state index contributed by atoms with van der Waals surface area (Å²) >= 11 is 6.13. The molecule has 1 heterocycles. The molecule has 3 aromatic rings. The summed E-state index contributed by atoms with van der Waals surface area (Å²) in [4.78, 5) is 17.8. The highest BCUT2D eigenvalue weighted by atomic mass is 35.5. The molecule has 0 fully saturated rings. The summed E-state index contributed by atoms with van der Waals surface area (Å²) in [5.41, 5.74) is 0.933. The molecule has 1 aromatic heterocycles. The van der Waals surface area contributed by atoms with Crippen LogP contribution in [0.3, 0.4) is 0 Å². The second-order valence-electron chi connectivity index (χ2n) is 4.65. The van der Waals surface area contributed by atoms with Gasteiger partial charge in [0.1, 0.15) is 23.3 Å². The molecule has 0 saturated heterocycles. The van der Waals surface area contributed by atoms with Gasteiger partial charge >= 0.3 is 5.69 Å². The molecule has 112 valence electrons. The van der Waals surface area contributed by atoms with Crippen molar-refractivity contribution in [3.05, 3.63) is 63.7 Å². The highest BCUT2D eigenvalue weighted by molar-refractivity contribution is 6.34. The molecular formula is C16H13ClN2O3. The number of aromatic nitrogens is 2. The molecule has 6 heteroatoms. The molecule has 0 unspecified atom stereocenters. The van der Waals surface area contributed by atoms with Gasteiger partial charge in [-0.25, -0.2) is 4.79 Å². The Morgan fingerprint density at radius 3 is 2.73 bits per heavy atom. The maximum absolute atomic E-state index is 11.5. The van der Waals surface area contributed by atoms with Crippen LogP contribution in [-0.2, 0) is 6.61 Å². The Labute approximate surface area is 131 Å². The molecule has 5 nitrogen and oxygen atoms in total. The van der Waals surface area contributed by atoms with E-state index in [0.717, 1.165) is 5.56 Å². The Morgan fingerprint density at radius 1 is 1.23 bits per heavy atom. The molecule has 22 heavy (non-hydrogen) atoms. The van der Waals surface area contributed by atoms with Gasteiger partial charge in [0.05, 0.1) is 18.0 Å². The third-order valence-corrected chi connectivity index (χ3v) is 3.47. The first-order valence-electron chi connectivity index (χ1n) is 6.61. The molecule has 0 amide bonds. The fourth-order valence-electron chi connectivity index (χ4n) is 2.15. The molecule has 2 aromatic carbocycles. The maximum atomic E-state index is 11.5. The molecule has 0 bridgehead atoms. The van der Waals surface area contributed by atoms with Crippen molar-refractivity contribution < 1.29 is 9.47 Å². The monoisotopic (exact) mass is 316 g/mol. The van der Waals surface area contributed by atoms with Gasteiger partial charge in [-0.1, -0.05) is 41.9 Å². The van der Waals surface area contributed by atoms with Gasteiger partial charge in [-0.2, -0.15) is 4.98 Å². The van der Waals surface area contributed by atoms with E-state index in [9.17, 15) is 4.79 Å². The number of rotatable bonds is 4. The van der Waals surface area contributed by atoms with Crippen LogP contribution in [0.25, 0.3) is 10.9 Å². The number of nitrogens with zero attached hydrogens (tertiary/aromatic N) is 1. The summed E-state index contributed by atoms with van der Waals surface area (Å²) < 4.78 is 11.1. The largest absolute Gasteiger partial charge is 0.497 e. The van der Waals surface area contributed by atoms with Crippen LogP contribution >= 0.6 is 11.6 Å². The summed E-state index contributed by atoms with van der Waals surface area (Å²) in [5.74, 6) is 1.05. The summed E-state index contributed by atoms with van der Waals surface area (Å²) in [7, 11) is 1.54. The number of hydrogen-bond donors (Lipinski definition) is 1. The lowest BCUT2D eigenvalue weighted by Crippen LogP contribution is -2.10. The van der Waals surface area contributed by atoms with Gasteiger partial charge in [0.2, 0.25) is 0 Å². The highest BCUT2D eigenvalue weighted by Crippen LogP contribution is 2.33. The molecule has 3 rings (SSSR count). The third kappa shape index (κ3) is 2.89. The normalized spacial score (nSPS) is 10.6. The van der Waals surface area contributed by atoms with E-state index in [2.05, 4.69) is 9.97 Å². The summed E-state index contributed by atoms with van der Waals surface area (Å²) in [5, 5.41) is 0.749. The number of benzene rings is 2. The van der Waals surface area contributed by atoms with E-state index in [4.69, 9.17) is 21.1 Å². The van der Waals surface area contributed by atoms with Gasteiger partial charge in [0.25, 0.3) is 0 Å². The predicted molar refractivity (Wildman–Crippen MR) is 84.7 cm³/mol. The van der Waals surface area contributed by atoms with Crippen LogP contribution in [0.2, 0.25) is 5.15 Å². The number of ether oxygens (including phenoxy) is 2. The van der Waals surface area contributed by atoms with E-state index in [1.54, 1.807) is 12.1 Å². The Balaban J connectivity index is 2.05. The van der Waals surface area contributed by atoms with Crippen LogP contribution < -0.4 is 15.2 Å². The minimum atomic E-state index is -0.514. The molecule has 0 atom stereocenters. The van der Waals surface area contributed by atoms with Crippen molar-refractivity contribution in [1.29, 1.82) is 0 Å². The van der Waals surface area contributed by atoms with E-state index >= 15 is 0 Å². The van der Waals surface area contributed by atoms with Crippen molar-refractivity contribution in [2.24, 2.45) is 0 Å². The van der Waals surface area contributed by atoms with E-state index in [0.29, 0.717) is 29.0 Å². The Hall–Kier alpha value is -2.53. The minimum absolute atomic E-state index is 0.195. The molecule has 1 N–H and O–H groups in total. The lowest BCUT2D eigenvalue weighted by atomic mass is 10.2. The molecule has 0 aliphatic heterocycles. The maximum Gasteiger partial charge on any atom is 0.346 e. The Morgan fingerprint density at radius 2 is 2.00 bits per heavy atom. The van der Waals surface area contributed by atoms with Crippen molar-refractivity contribution in [2.45, 2.75) is 6.61 Å². The number of aromatic amines is 1. The average molecular weight is 317 g/mol. The first-order chi connectivity index (χ1) is 10.7. The van der Waals surface area contributed by atoms with Crippen molar-refractivity contribution in [3.63, 3.8) is 0 Å². The van der Waals surface area contributed by atoms with Crippen LogP contribution in [0.1, 0.15) is 5.56 Å². The molecule has 0 aliphatic rings. The lowest BCUT2D eigenvalue weighted by molar-refractivity contribution is 0.307.